The molecule has 1 nitrogen and oxygen atoms in total. The van der Waals surface area contributed by atoms with Gasteiger partial charge in [0.2, 0.25) is 0 Å². The molecule has 0 aliphatic carbocycles. The molecular weight excluding hydrogens is 341 g/mol. The Labute approximate surface area is 132 Å². The molecular formula is C16H16BrClFN. The third-order valence-electron chi connectivity index (χ3n) is 3.24. The fourth-order valence-electron chi connectivity index (χ4n) is 2.27. The number of benzene rings is 2. The summed E-state index contributed by atoms with van der Waals surface area (Å²) in [5.74, 6) is -0.0697. The van der Waals surface area contributed by atoms with E-state index in [1.54, 1.807) is 6.07 Å². The van der Waals surface area contributed by atoms with Gasteiger partial charge in [-0.3, -0.25) is 0 Å². The van der Waals surface area contributed by atoms with Gasteiger partial charge in [0.25, 0.3) is 0 Å². The number of hydrogen-bond donors (Lipinski definition) is 1. The van der Waals surface area contributed by atoms with Crippen molar-refractivity contribution in [2.75, 3.05) is 13.6 Å². The maximum Gasteiger partial charge on any atom is 0.142 e. The van der Waals surface area contributed by atoms with Crippen molar-refractivity contribution < 1.29 is 4.39 Å². The van der Waals surface area contributed by atoms with Crippen molar-refractivity contribution in [3.63, 3.8) is 0 Å². The van der Waals surface area contributed by atoms with Gasteiger partial charge in [-0.1, -0.05) is 45.7 Å². The Morgan fingerprint density at radius 2 is 2.05 bits per heavy atom. The van der Waals surface area contributed by atoms with Crippen molar-refractivity contribution in [3.05, 3.63) is 68.9 Å². The van der Waals surface area contributed by atoms with E-state index in [-0.39, 0.29) is 16.8 Å². The third kappa shape index (κ3) is 4.05. The number of rotatable bonds is 5. The van der Waals surface area contributed by atoms with E-state index in [0.717, 1.165) is 23.0 Å². The van der Waals surface area contributed by atoms with Crippen LogP contribution in [0.25, 0.3) is 0 Å². The molecule has 0 saturated carbocycles. The van der Waals surface area contributed by atoms with Crippen molar-refractivity contribution in [2.45, 2.75) is 12.3 Å². The van der Waals surface area contributed by atoms with Crippen LogP contribution >= 0.6 is 27.5 Å². The second kappa shape index (κ2) is 7.21. The van der Waals surface area contributed by atoms with Crippen molar-refractivity contribution in [1.82, 2.24) is 5.32 Å². The molecule has 4 heteroatoms. The van der Waals surface area contributed by atoms with E-state index in [9.17, 15) is 4.39 Å². The van der Waals surface area contributed by atoms with E-state index < -0.39 is 0 Å². The van der Waals surface area contributed by atoms with E-state index in [4.69, 9.17) is 11.6 Å². The highest BCUT2D eigenvalue weighted by Gasteiger charge is 2.13. The molecule has 1 N–H and O–H groups in total. The lowest BCUT2D eigenvalue weighted by atomic mass is 9.92. The van der Waals surface area contributed by atoms with Gasteiger partial charge in [-0.15, -0.1) is 0 Å². The summed E-state index contributed by atoms with van der Waals surface area (Å²) < 4.78 is 14.6. The lowest BCUT2D eigenvalue weighted by Gasteiger charge is -2.18. The van der Waals surface area contributed by atoms with Crippen LogP contribution < -0.4 is 5.32 Å². The number of likely N-dealkylation sites (N-methyl/N-ethyl adjacent to an activating group) is 1. The van der Waals surface area contributed by atoms with Gasteiger partial charge >= 0.3 is 0 Å². The molecule has 2 aromatic rings. The second-order valence-corrected chi connectivity index (χ2v) is 6.09. The molecule has 0 bridgehead atoms. The summed E-state index contributed by atoms with van der Waals surface area (Å²) in [6.45, 7) is 0.834. The van der Waals surface area contributed by atoms with Crippen LogP contribution in [0, 0.1) is 5.82 Å². The molecule has 0 radical (unpaired) electrons. The molecule has 106 valence electrons. The highest BCUT2D eigenvalue weighted by Crippen LogP contribution is 2.25. The highest BCUT2D eigenvalue weighted by atomic mass is 79.9. The van der Waals surface area contributed by atoms with Crippen LogP contribution in [-0.2, 0) is 6.42 Å². The smallest absolute Gasteiger partial charge is 0.142 e. The van der Waals surface area contributed by atoms with Gasteiger partial charge in [-0.25, -0.2) is 4.39 Å². The first kappa shape index (κ1) is 15.5. The molecule has 0 aliphatic heterocycles. The van der Waals surface area contributed by atoms with E-state index in [0.29, 0.717) is 0 Å². The molecule has 20 heavy (non-hydrogen) atoms. The lowest BCUT2D eigenvalue weighted by molar-refractivity contribution is 0.608. The summed E-state index contributed by atoms with van der Waals surface area (Å²) in [5.41, 5.74) is 2.18. The fraction of sp³-hybridized carbons (Fsp3) is 0.250. The third-order valence-corrected chi connectivity index (χ3v) is 4.04. The predicted molar refractivity (Wildman–Crippen MR) is 85.9 cm³/mol. The summed E-state index contributed by atoms with van der Waals surface area (Å²) in [6.07, 6.45) is 0.769. The van der Waals surface area contributed by atoms with Crippen LogP contribution in [0.5, 0.6) is 0 Å². The minimum Gasteiger partial charge on any atom is -0.319 e. The largest absolute Gasteiger partial charge is 0.319 e. The van der Waals surface area contributed by atoms with Crippen LogP contribution in [0.15, 0.2) is 46.9 Å². The monoisotopic (exact) mass is 355 g/mol. The van der Waals surface area contributed by atoms with Gasteiger partial charge in [-0.05, 0) is 48.9 Å². The molecule has 0 heterocycles. The van der Waals surface area contributed by atoms with Crippen molar-refractivity contribution >= 4 is 27.5 Å². The fourth-order valence-corrected chi connectivity index (χ4v) is 2.80. The average molecular weight is 357 g/mol. The Morgan fingerprint density at radius 1 is 1.25 bits per heavy atom. The van der Waals surface area contributed by atoms with E-state index in [2.05, 4.69) is 33.4 Å². The summed E-state index contributed by atoms with van der Waals surface area (Å²) in [6, 6.07) is 13.2. The topological polar surface area (TPSA) is 12.0 Å². The van der Waals surface area contributed by atoms with Gasteiger partial charge in [0, 0.05) is 16.9 Å². The molecule has 0 aromatic heterocycles. The van der Waals surface area contributed by atoms with Gasteiger partial charge < -0.3 is 5.32 Å². The quantitative estimate of drug-likeness (QED) is 0.812. The maximum absolute atomic E-state index is 13.5. The van der Waals surface area contributed by atoms with Crippen molar-refractivity contribution in [3.8, 4) is 0 Å². The zero-order valence-corrected chi connectivity index (χ0v) is 13.5. The number of halogens is 3. The molecule has 0 spiro atoms. The van der Waals surface area contributed by atoms with Crippen LogP contribution in [0.2, 0.25) is 5.02 Å². The summed E-state index contributed by atoms with van der Waals surface area (Å²) >= 11 is 9.21. The molecule has 1 atom stereocenters. The first-order valence-corrected chi connectivity index (χ1v) is 7.61. The minimum absolute atomic E-state index is 0.168. The van der Waals surface area contributed by atoms with Crippen molar-refractivity contribution in [2.24, 2.45) is 0 Å². The Balaban J connectivity index is 2.22. The summed E-state index contributed by atoms with van der Waals surface area (Å²) in [4.78, 5) is 0. The Morgan fingerprint density at radius 3 is 2.70 bits per heavy atom. The SMILES string of the molecule is CNCC(Cc1ccc(Cl)c(F)c1)c1cccc(Br)c1. The van der Waals surface area contributed by atoms with Crippen LogP contribution in [0.1, 0.15) is 17.0 Å². The van der Waals surface area contributed by atoms with Crippen LogP contribution in [0.4, 0.5) is 4.39 Å². The number of hydrogen-bond acceptors (Lipinski definition) is 1. The Bertz CT molecular complexity index is 588. The first-order chi connectivity index (χ1) is 9.60. The summed E-state index contributed by atoms with van der Waals surface area (Å²) in [7, 11) is 1.92. The van der Waals surface area contributed by atoms with E-state index >= 15 is 0 Å². The molecule has 0 fully saturated rings. The van der Waals surface area contributed by atoms with Gasteiger partial charge in [0.05, 0.1) is 5.02 Å². The summed E-state index contributed by atoms with van der Waals surface area (Å²) in [5, 5.41) is 3.36. The Kier molecular flexibility index (Phi) is 5.58. The zero-order chi connectivity index (χ0) is 14.5. The molecule has 0 saturated heterocycles. The maximum atomic E-state index is 13.5. The number of nitrogens with one attached hydrogen (secondary N) is 1. The van der Waals surface area contributed by atoms with Gasteiger partial charge in [-0.2, -0.15) is 0 Å². The van der Waals surface area contributed by atoms with Gasteiger partial charge in [0.15, 0.2) is 0 Å². The zero-order valence-electron chi connectivity index (χ0n) is 11.2. The minimum atomic E-state index is -0.360. The van der Waals surface area contributed by atoms with Crippen LogP contribution in [0.3, 0.4) is 0 Å². The van der Waals surface area contributed by atoms with Gasteiger partial charge in [0.1, 0.15) is 5.82 Å². The normalized spacial score (nSPS) is 12.4. The predicted octanol–water partition coefficient (Wildman–Crippen LogP) is 4.79. The molecule has 1 unspecified atom stereocenters. The Hall–Kier alpha value is -0.900. The van der Waals surface area contributed by atoms with E-state index in [1.807, 2.05) is 25.2 Å². The van der Waals surface area contributed by atoms with Crippen molar-refractivity contribution in [1.29, 1.82) is 0 Å². The van der Waals surface area contributed by atoms with Crippen LogP contribution in [-0.4, -0.2) is 13.6 Å². The highest BCUT2D eigenvalue weighted by molar-refractivity contribution is 9.10. The lowest BCUT2D eigenvalue weighted by Crippen LogP contribution is -2.19. The standard InChI is InChI=1S/C16H16BrClFN/c1-20-10-13(12-3-2-4-14(17)9-12)7-11-5-6-15(18)16(19)8-11/h2-6,8-9,13,20H,7,10H2,1H3. The first-order valence-electron chi connectivity index (χ1n) is 6.44. The average Bonchev–Trinajstić information content (AvgIpc) is 2.42. The second-order valence-electron chi connectivity index (χ2n) is 4.76. The van der Waals surface area contributed by atoms with E-state index in [1.165, 1.54) is 11.6 Å². The molecule has 0 aliphatic rings. The molecule has 0 amide bonds. The molecule has 2 aromatic carbocycles. The molecule has 2 rings (SSSR count).